The Morgan fingerprint density at radius 3 is 2.50 bits per heavy atom. The van der Waals surface area contributed by atoms with Crippen LogP contribution in [0, 0.1) is 0 Å². The number of nitrogens with zero attached hydrogens (tertiary/aromatic N) is 1. The third-order valence-electron chi connectivity index (χ3n) is 3.17. The first-order valence-electron chi connectivity index (χ1n) is 6.44. The van der Waals surface area contributed by atoms with Crippen LogP contribution in [-0.4, -0.2) is 11.0 Å². The molecule has 1 fully saturated rings. The Kier molecular flexibility index (Phi) is 4.16. The highest BCUT2D eigenvalue weighted by Crippen LogP contribution is 2.28. The third kappa shape index (κ3) is 2.73. The molecule has 0 radical (unpaired) electrons. The van der Waals surface area contributed by atoms with Gasteiger partial charge < -0.3 is 5.32 Å². The van der Waals surface area contributed by atoms with Crippen molar-refractivity contribution in [2.75, 3.05) is 4.90 Å². The predicted molar refractivity (Wildman–Crippen MR) is 94.1 cm³/mol. The maximum atomic E-state index is 12.5. The van der Waals surface area contributed by atoms with Gasteiger partial charge in [-0.3, -0.25) is 9.69 Å². The van der Waals surface area contributed by atoms with Crippen molar-refractivity contribution in [2.24, 2.45) is 0 Å². The molecule has 0 saturated carbocycles. The number of nitrogens with one attached hydrogen (secondary N) is 1. The number of carbonyl (C=O) groups excluding carboxylic acids is 1. The second kappa shape index (κ2) is 6.08. The van der Waals surface area contributed by atoms with Gasteiger partial charge in [0, 0.05) is 0 Å². The summed E-state index contributed by atoms with van der Waals surface area (Å²) in [5.41, 5.74) is 1.73. The lowest BCUT2D eigenvalue weighted by Gasteiger charge is -2.13. The topological polar surface area (TPSA) is 32.3 Å². The average molecular weight is 349 g/mol. The standard InChI is InChI=1S/C16H10Cl2N2OS/c17-12-8-4-5-10(14(12)18)9-13-15(21)20(16(22)19-13)11-6-2-1-3-7-11/h1-9H,(H,19,22)/b13-9-. The number of carbonyl (C=O) groups is 1. The van der Waals surface area contributed by atoms with Gasteiger partial charge in [0.2, 0.25) is 0 Å². The lowest BCUT2D eigenvalue weighted by molar-refractivity contribution is -0.113. The van der Waals surface area contributed by atoms with Crippen LogP contribution in [-0.2, 0) is 4.79 Å². The molecule has 0 atom stereocenters. The zero-order valence-electron chi connectivity index (χ0n) is 11.2. The molecule has 1 aliphatic heterocycles. The fourth-order valence-electron chi connectivity index (χ4n) is 2.13. The van der Waals surface area contributed by atoms with E-state index in [1.165, 1.54) is 4.90 Å². The number of para-hydroxylation sites is 1. The molecular formula is C16H10Cl2N2OS. The Morgan fingerprint density at radius 1 is 1.05 bits per heavy atom. The van der Waals surface area contributed by atoms with Gasteiger partial charge in [0.25, 0.3) is 5.91 Å². The predicted octanol–water partition coefficient (Wildman–Crippen LogP) is 4.26. The Balaban J connectivity index is 1.98. The molecule has 2 aromatic rings. The Hall–Kier alpha value is -1.88. The summed E-state index contributed by atoms with van der Waals surface area (Å²) in [6.07, 6.45) is 1.64. The van der Waals surface area contributed by atoms with Gasteiger partial charge in [0.15, 0.2) is 5.11 Å². The van der Waals surface area contributed by atoms with Crippen molar-refractivity contribution in [3.63, 3.8) is 0 Å². The van der Waals surface area contributed by atoms with Crippen LogP contribution < -0.4 is 10.2 Å². The fraction of sp³-hybridized carbons (Fsp3) is 0. The molecule has 6 heteroatoms. The van der Waals surface area contributed by atoms with Crippen LogP contribution in [0.15, 0.2) is 54.2 Å². The highest BCUT2D eigenvalue weighted by atomic mass is 35.5. The number of thiocarbonyl (C=S) groups is 1. The molecule has 1 amide bonds. The van der Waals surface area contributed by atoms with Crippen LogP contribution >= 0.6 is 35.4 Å². The van der Waals surface area contributed by atoms with Crippen molar-refractivity contribution >= 4 is 58.2 Å². The van der Waals surface area contributed by atoms with Crippen molar-refractivity contribution in [1.29, 1.82) is 0 Å². The van der Waals surface area contributed by atoms with Crippen LogP contribution in [0.4, 0.5) is 5.69 Å². The van der Waals surface area contributed by atoms with E-state index in [-0.39, 0.29) is 5.91 Å². The van der Waals surface area contributed by atoms with Crippen molar-refractivity contribution in [3.8, 4) is 0 Å². The van der Waals surface area contributed by atoms with E-state index in [4.69, 9.17) is 35.4 Å². The highest BCUT2D eigenvalue weighted by molar-refractivity contribution is 7.80. The van der Waals surface area contributed by atoms with E-state index >= 15 is 0 Å². The van der Waals surface area contributed by atoms with Gasteiger partial charge in [0.1, 0.15) is 5.70 Å². The molecule has 3 nitrogen and oxygen atoms in total. The number of hydrogen-bond acceptors (Lipinski definition) is 2. The minimum atomic E-state index is -0.229. The average Bonchev–Trinajstić information content (AvgIpc) is 2.79. The third-order valence-corrected chi connectivity index (χ3v) is 4.29. The van der Waals surface area contributed by atoms with Gasteiger partial charge in [-0.2, -0.15) is 0 Å². The van der Waals surface area contributed by atoms with E-state index in [0.717, 1.165) is 0 Å². The molecule has 3 rings (SSSR count). The molecular weight excluding hydrogens is 339 g/mol. The summed E-state index contributed by atoms with van der Waals surface area (Å²) < 4.78 is 0. The lowest BCUT2D eigenvalue weighted by Crippen LogP contribution is -2.30. The van der Waals surface area contributed by atoms with E-state index in [0.29, 0.717) is 32.1 Å². The zero-order valence-corrected chi connectivity index (χ0v) is 13.5. The number of rotatable bonds is 2. The van der Waals surface area contributed by atoms with Crippen LogP contribution in [0.2, 0.25) is 10.0 Å². The van der Waals surface area contributed by atoms with Crippen LogP contribution in [0.1, 0.15) is 5.56 Å². The Bertz CT molecular complexity index is 790. The van der Waals surface area contributed by atoms with E-state index in [2.05, 4.69) is 5.32 Å². The zero-order chi connectivity index (χ0) is 15.7. The number of amides is 1. The smallest absolute Gasteiger partial charge is 0.281 e. The van der Waals surface area contributed by atoms with E-state index in [1.54, 1.807) is 24.3 Å². The van der Waals surface area contributed by atoms with Gasteiger partial charge in [-0.1, -0.05) is 53.5 Å². The summed E-state index contributed by atoms with van der Waals surface area (Å²) in [5.74, 6) is -0.229. The van der Waals surface area contributed by atoms with E-state index in [9.17, 15) is 4.79 Å². The molecule has 1 aliphatic rings. The molecule has 110 valence electrons. The van der Waals surface area contributed by atoms with E-state index < -0.39 is 0 Å². The van der Waals surface area contributed by atoms with Crippen molar-refractivity contribution in [1.82, 2.24) is 5.32 Å². The molecule has 0 unspecified atom stereocenters. The van der Waals surface area contributed by atoms with E-state index in [1.807, 2.05) is 30.3 Å². The molecule has 0 aliphatic carbocycles. The monoisotopic (exact) mass is 348 g/mol. The lowest BCUT2D eigenvalue weighted by atomic mass is 10.2. The second-order valence-corrected chi connectivity index (χ2v) is 5.78. The van der Waals surface area contributed by atoms with Crippen LogP contribution in [0.25, 0.3) is 6.08 Å². The molecule has 1 saturated heterocycles. The van der Waals surface area contributed by atoms with Crippen LogP contribution in [0.5, 0.6) is 0 Å². The van der Waals surface area contributed by atoms with Crippen molar-refractivity contribution in [3.05, 3.63) is 69.8 Å². The maximum absolute atomic E-state index is 12.5. The van der Waals surface area contributed by atoms with Gasteiger partial charge in [-0.05, 0) is 42.1 Å². The normalized spacial score (nSPS) is 16.3. The maximum Gasteiger partial charge on any atom is 0.281 e. The first-order chi connectivity index (χ1) is 10.6. The molecule has 0 bridgehead atoms. The van der Waals surface area contributed by atoms with Crippen molar-refractivity contribution < 1.29 is 4.79 Å². The Labute approximate surface area is 143 Å². The summed E-state index contributed by atoms with van der Waals surface area (Å²) >= 11 is 17.4. The first kappa shape index (κ1) is 15.0. The largest absolute Gasteiger partial charge is 0.327 e. The van der Waals surface area contributed by atoms with Crippen LogP contribution in [0.3, 0.4) is 0 Å². The second-order valence-electron chi connectivity index (χ2n) is 4.61. The SMILES string of the molecule is O=C1/C(=C/c2cccc(Cl)c2Cl)NC(=S)N1c1ccccc1. The quantitative estimate of drug-likeness (QED) is 0.650. The summed E-state index contributed by atoms with van der Waals surface area (Å²) in [6, 6.07) is 14.5. The van der Waals surface area contributed by atoms with Gasteiger partial charge in [-0.25, -0.2) is 0 Å². The summed E-state index contributed by atoms with van der Waals surface area (Å²) in [4.78, 5) is 14.0. The number of anilines is 1. The molecule has 0 aromatic heterocycles. The minimum Gasteiger partial charge on any atom is -0.327 e. The molecule has 22 heavy (non-hydrogen) atoms. The molecule has 2 aromatic carbocycles. The summed E-state index contributed by atoms with van der Waals surface area (Å²) in [5, 5.41) is 4.08. The number of hydrogen-bond donors (Lipinski definition) is 1. The molecule has 0 spiro atoms. The summed E-state index contributed by atoms with van der Waals surface area (Å²) in [7, 11) is 0. The fourth-order valence-corrected chi connectivity index (χ4v) is 2.79. The van der Waals surface area contributed by atoms with Gasteiger partial charge in [-0.15, -0.1) is 0 Å². The van der Waals surface area contributed by atoms with Gasteiger partial charge >= 0.3 is 0 Å². The first-order valence-corrected chi connectivity index (χ1v) is 7.60. The van der Waals surface area contributed by atoms with Crippen molar-refractivity contribution in [2.45, 2.75) is 0 Å². The summed E-state index contributed by atoms with van der Waals surface area (Å²) in [6.45, 7) is 0. The minimum absolute atomic E-state index is 0.229. The highest BCUT2D eigenvalue weighted by Gasteiger charge is 2.31. The van der Waals surface area contributed by atoms with Gasteiger partial charge in [0.05, 0.1) is 15.7 Å². The molecule has 1 heterocycles. The number of halogens is 2. The Morgan fingerprint density at radius 2 is 1.77 bits per heavy atom. The number of benzene rings is 2. The molecule has 1 N–H and O–H groups in total.